The third kappa shape index (κ3) is 3.19. The van der Waals surface area contributed by atoms with Crippen LogP contribution in [0.5, 0.6) is 0 Å². The lowest BCUT2D eigenvalue weighted by atomic mass is 10.2. The number of nitrogens with one attached hydrogen (secondary N) is 1. The third-order valence-electron chi connectivity index (χ3n) is 4.03. The third-order valence-corrected chi connectivity index (χ3v) is 7.02. The summed E-state index contributed by atoms with van der Waals surface area (Å²) in [6, 6.07) is 1.53. The van der Waals surface area contributed by atoms with Crippen LogP contribution in [-0.2, 0) is 14.8 Å². The second-order valence-electron chi connectivity index (χ2n) is 5.57. The van der Waals surface area contributed by atoms with E-state index in [1.54, 1.807) is 5.38 Å². The van der Waals surface area contributed by atoms with Crippen molar-refractivity contribution in [2.45, 2.75) is 36.7 Å². The summed E-state index contributed by atoms with van der Waals surface area (Å²) in [5.41, 5.74) is 0. The van der Waals surface area contributed by atoms with Crippen molar-refractivity contribution in [3.05, 3.63) is 16.3 Å². The fourth-order valence-electron chi connectivity index (χ4n) is 2.83. The molecule has 0 bridgehead atoms. The number of nitrogens with zero attached hydrogens (tertiary/aromatic N) is 1. The molecule has 1 N–H and O–H groups in total. The number of thiophene rings is 1. The fourth-order valence-corrected chi connectivity index (χ4v) is 5.66. The van der Waals surface area contributed by atoms with E-state index in [-0.39, 0.29) is 21.8 Å². The van der Waals surface area contributed by atoms with E-state index in [4.69, 9.17) is 4.74 Å². The van der Waals surface area contributed by atoms with Gasteiger partial charge in [0.25, 0.3) is 5.91 Å². The number of hydrogen-bond acceptors (Lipinski definition) is 5. The average Bonchev–Trinajstić information content (AvgIpc) is 3.26. The molecule has 1 unspecified atom stereocenters. The van der Waals surface area contributed by atoms with E-state index in [2.05, 4.69) is 5.32 Å². The zero-order valence-electron chi connectivity index (χ0n) is 12.3. The van der Waals surface area contributed by atoms with Crippen molar-refractivity contribution >= 4 is 27.3 Å². The first kappa shape index (κ1) is 15.9. The molecule has 2 saturated heterocycles. The van der Waals surface area contributed by atoms with Crippen molar-refractivity contribution in [1.82, 2.24) is 9.62 Å². The molecule has 2 aliphatic heterocycles. The summed E-state index contributed by atoms with van der Waals surface area (Å²) in [7, 11) is -3.56. The Bertz CT molecular complexity index is 629. The molecule has 3 rings (SSSR count). The van der Waals surface area contributed by atoms with Gasteiger partial charge < -0.3 is 10.1 Å². The highest BCUT2D eigenvalue weighted by molar-refractivity contribution is 7.89. The molecule has 122 valence electrons. The highest BCUT2D eigenvalue weighted by Gasteiger charge is 2.32. The maximum atomic E-state index is 12.6. The predicted molar refractivity (Wildman–Crippen MR) is 83.6 cm³/mol. The Hall–Kier alpha value is -0.960. The van der Waals surface area contributed by atoms with Crippen LogP contribution in [-0.4, -0.2) is 51.0 Å². The first-order chi connectivity index (χ1) is 10.6. The number of amides is 1. The van der Waals surface area contributed by atoms with Gasteiger partial charge in [-0.3, -0.25) is 4.79 Å². The molecule has 3 heterocycles. The van der Waals surface area contributed by atoms with E-state index in [0.717, 1.165) is 32.3 Å². The van der Waals surface area contributed by atoms with E-state index in [1.807, 2.05) is 0 Å². The van der Waals surface area contributed by atoms with Crippen molar-refractivity contribution in [3.8, 4) is 0 Å². The molecule has 8 heteroatoms. The van der Waals surface area contributed by atoms with Crippen LogP contribution in [0.2, 0.25) is 0 Å². The number of rotatable bonds is 5. The van der Waals surface area contributed by atoms with Gasteiger partial charge in [0, 0.05) is 26.2 Å². The summed E-state index contributed by atoms with van der Waals surface area (Å²) in [4.78, 5) is 12.7. The highest BCUT2D eigenvalue weighted by Crippen LogP contribution is 2.27. The minimum atomic E-state index is -3.56. The van der Waals surface area contributed by atoms with Crippen LogP contribution < -0.4 is 5.32 Å². The molecule has 2 aliphatic rings. The molecule has 0 aliphatic carbocycles. The zero-order valence-corrected chi connectivity index (χ0v) is 13.9. The second kappa shape index (κ2) is 6.66. The molecule has 1 atom stereocenters. The van der Waals surface area contributed by atoms with Crippen molar-refractivity contribution in [2.75, 3.05) is 26.2 Å². The number of carbonyl (C=O) groups is 1. The van der Waals surface area contributed by atoms with Gasteiger partial charge in [-0.15, -0.1) is 11.3 Å². The van der Waals surface area contributed by atoms with Gasteiger partial charge in [0.2, 0.25) is 10.0 Å². The summed E-state index contributed by atoms with van der Waals surface area (Å²) in [5, 5.41) is 4.45. The summed E-state index contributed by atoms with van der Waals surface area (Å²) < 4.78 is 32.1. The molecule has 0 saturated carbocycles. The van der Waals surface area contributed by atoms with Crippen LogP contribution in [0.3, 0.4) is 0 Å². The fraction of sp³-hybridized carbons (Fsp3) is 0.643. The smallest absolute Gasteiger partial charge is 0.262 e. The molecule has 22 heavy (non-hydrogen) atoms. The Labute approximate surface area is 134 Å². The van der Waals surface area contributed by atoms with Crippen LogP contribution >= 0.6 is 11.3 Å². The largest absolute Gasteiger partial charge is 0.376 e. The van der Waals surface area contributed by atoms with E-state index in [1.165, 1.54) is 21.7 Å². The van der Waals surface area contributed by atoms with Crippen LogP contribution in [0.15, 0.2) is 16.3 Å². The van der Waals surface area contributed by atoms with Gasteiger partial charge in [-0.1, -0.05) is 0 Å². The second-order valence-corrected chi connectivity index (χ2v) is 8.39. The Kier molecular flexibility index (Phi) is 4.82. The molecule has 1 amide bonds. The molecule has 0 aromatic carbocycles. The average molecular weight is 344 g/mol. The van der Waals surface area contributed by atoms with Gasteiger partial charge in [-0.25, -0.2) is 8.42 Å². The molecule has 2 fully saturated rings. The summed E-state index contributed by atoms with van der Waals surface area (Å²) in [5.74, 6) is -0.330. The predicted octanol–water partition coefficient (Wildman–Crippen LogP) is 1.44. The quantitative estimate of drug-likeness (QED) is 0.877. The molecular weight excluding hydrogens is 324 g/mol. The Morgan fingerprint density at radius 3 is 2.82 bits per heavy atom. The van der Waals surface area contributed by atoms with Crippen molar-refractivity contribution < 1.29 is 17.9 Å². The number of sulfonamides is 1. The summed E-state index contributed by atoms with van der Waals surface area (Å²) >= 11 is 1.17. The van der Waals surface area contributed by atoms with Crippen LogP contribution in [0.4, 0.5) is 0 Å². The lowest BCUT2D eigenvalue weighted by molar-refractivity contribution is 0.0858. The number of hydrogen-bond donors (Lipinski definition) is 1. The molecule has 0 radical (unpaired) electrons. The summed E-state index contributed by atoms with van der Waals surface area (Å²) in [6.07, 6.45) is 3.74. The standard InChI is InChI=1S/C14H20N2O4S2/c17-14(15-10-11-4-3-8-20-11)13-12(5-9-21-13)22(18,19)16-6-1-2-7-16/h5,9,11H,1-4,6-8,10H2,(H,15,17). The van der Waals surface area contributed by atoms with Gasteiger partial charge in [-0.05, 0) is 37.1 Å². The van der Waals surface area contributed by atoms with Crippen LogP contribution in [0.1, 0.15) is 35.4 Å². The highest BCUT2D eigenvalue weighted by atomic mass is 32.2. The lowest BCUT2D eigenvalue weighted by Gasteiger charge is -2.16. The molecular formula is C14H20N2O4S2. The normalized spacial score (nSPS) is 23.0. The SMILES string of the molecule is O=C(NCC1CCCO1)c1sccc1S(=O)(=O)N1CCCC1. The maximum absolute atomic E-state index is 12.6. The minimum absolute atomic E-state index is 0.0440. The minimum Gasteiger partial charge on any atom is -0.376 e. The first-order valence-electron chi connectivity index (χ1n) is 7.56. The van der Waals surface area contributed by atoms with Gasteiger partial charge in [-0.2, -0.15) is 4.31 Å². The molecule has 1 aromatic heterocycles. The van der Waals surface area contributed by atoms with Crippen LogP contribution in [0.25, 0.3) is 0 Å². The Morgan fingerprint density at radius 2 is 2.14 bits per heavy atom. The maximum Gasteiger partial charge on any atom is 0.262 e. The van der Waals surface area contributed by atoms with Crippen molar-refractivity contribution in [3.63, 3.8) is 0 Å². The molecule has 0 spiro atoms. The topological polar surface area (TPSA) is 75.7 Å². The monoisotopic (exact) mass is 344 g/mol. The Balaban J connectivity index is 1.72. The van der Waals surface area contributed by atoms with E-state index < -0.39 is 10.0 Å². The van der Waals surface area contributed by atoms with Gasteiger partial charge in [0.15, 0.2) is 0 Å². The van der Waals surface area contributed by atoms with E-state index in [9.17, 15) is 13.2 Å². The number of ether oxygens (including phenoxy) is 1. The molecule has 1 aromatic rings. The number of carbonyl (C=O) groups excluding carboxylic acids is 1. The lowest BCUT2D eigenvalue weighted by Crippen LogP contribution is -2.33. The van der Waals surface area contributed by atoms with Crippen molar-refractivity contribution in [2.24, 2.45) is 0 Å². The molecule has 6 nitrogen and oxygen atoms in total. The van der Waals surface area contributed by atoms with Gasteiger partial charge in [0.1, 0.15) is 9.77 Å². The first-order valence-corrected chi connectivity index (χ1v) is 9.88. The van der Waals surface area contributed by atoms with E-state index >= 15 is 0 Å². The summed E-state index contributed by atoms with van der Waals surface area (Å²) in [6.45, 7) is 2.23. The van der Waals surface area contributed by atoms with Crippen LogP contribution in [0, 0.1) is 0 Å². The Morgan fingerprint density at radius 1 is 1.36 bits per heavy atom. The zero-order chi connectivity index (χ0) is 15.6. The van der Waals surface area contributed by atoms with Gasteiger partial charge in [0.05, 0.1) is 6.10 Å². The van der Waals surface area contributed by atoms with E-state index in [0.29, 0.717) is 19.6 Å². The van der Waals surface area contributed by atoms with Crippen molar-refractivity contribution in [1.29, 1.82) is 0 Å². The van der Waals surface area contributed by atoms with Gasteiger partial charge >= 0.3 is 0 Å².